The Labute approximate surface area is 138 Å². The Hall–Kier alpha value is -2.78. The Morgan fingerprint density at radius 1 is 1.12 bits per heavy atom. The highest BCUT2D eigenvalue weighted by atomic mass is 32.2. The van der Waals surface area contributed by atoms with E-state index in [9.17, 15) is 28.4 Å². The van der Waals surface area contributed by atoms with Gasteiger partial charge in [0.2, 0.25) is 10.0 Å². The highest BCUT2D eigenvalue weighted by Gasteiger charge is 2.28. The minimum Gasteiger partial charge on any atom is -0.481 e. The van der Waals surface area contributed by atoms with Crippen molar-refractivity contribution in [2.24, 2.45) is 0 Å². The average Bonchev–Trinajstić information content (AvgIpc) is 2.55. The van der Waals surface area contributed by atoms with Gasteiger partial charge in [0.15, 0.2) is 4.90 Å². The van der Waals surface area contributed by atoms with Crippen LogP contribution in [0, 0.1) is 10.1 Å². The standard InChI is InChI=1S/C15H14N2O6S/c18-15(19)12(11-6-2-1-3-7-11)10-16-24(22,23)14-9-5-4-8-13(14)17(20)21/h1-9,12,16H,10H2,(H,18,19)/t12-/m1/s1. The summed E-state index contributed by atoms with van der Waals surface area (Å²) in [5.74, 6) is -2.31. The zero-order valence-electron chi connectivity index (χ0n) is 12.3. The number of aliphatic carboxylic acids is 1. The van der Waals surface area contributed by atoms with Crippen molar-refractivity contribution in [2.45, 2.75) is 10.8 Å². The Morgan fingerprint density at radius 3 is 2.29 bits per heavy atom. The van der Waals surface area contributed by atoms with Crippen molar-refractivity contribution >= 4 is 21.7 Å². The molecule has 0 aromatic heterocycles. The molecular weight excluding hydrogens is 336 g/mol. The van der Waals surface area contributed by atoms with Gasteiger partial charge in [-0.25, -0.2) is 13.1 Å². The minimum absolute atomic E-state index is 0.423. The smallest absolute Gasteiger partial charge is 0.312 e. The van der Waals surface area contributed by atoms with Gasteiger partial charge in [-0.05, 0) is 11.6 Å². The van der Waals surface area contributed by atoms with Crippen LogP contribution in [-0.2, 0) is 14.8 Å². The molecule has 0 spiro atoms. The number of hydrogen-bond donors (Lipinski definition) is 2. The molecular formula is C15H14N2O6S. The largest absolute Gasteiger partial charge is 0.481 e. The Morgan fingerprint density at radius 2 is 1.71 bits per heavy atom. The van der Waals surface area contributed by atoms with Crippen LogP contribution in [0.2, 0.25) is 0 Å². The van der Waals surface area contributed by atoms with E-state index in [2.05, 4.69) is 4.72 Å². The Bertz CT molecular complexity index is 851. The summed E-state index contributed by atoms with van der Waals surface area (Å²) in [5, 5.41) is 20.2. The van der Waals surface area contributed by atoms with Crippen molar-refractivity contribution in [3.8, 4) is 0 Å². The number of hydrogen-bond acceptors (Lipinski definition) is 5. The summed E-state index contributed by atoms with van der Waals surface area (Å²) in [6.45, 7) is -0.423. The molecule has 2 rings (SSSR count). The van der Waals surface area contributed by atoms with E-state index in [0.29, 0.717) is 5.56 Å². The van der Waals surface area contributed by atoms with Crippen molar-refractivity contribution < 1.29 is 23.2 Å². The molecule has 0 saturated heterocycles. The van der Waals surface area contributed by atoms with Gasteiger partial charge >= 0.3 is 5.97 Å². The maximum atomic E-state index is 12.3. The number of nitro groups is 1. The molecule has 9 heteroatoms. The van der Waals surface area contributed by atoms with E-state index in [1.807, 2.05) is 0 Å². The third-order valence-corrected chi connectivity index (χ3v) is 4.80. The molecule has 0 fully saturated rings. The molecule has 24 heavy (non-hydrogen) atoms. The molecule has 0 saturated carbocycles. The molecule has 0 aliphatic rings. The van der Waals surface area contributed by atoms with Gasteiger partial charge in [-0.15, -0.1) is 0 Å². The molecule has 2 aromatic carbocycles. The van der Waals surface area contributed by atoms with Crippen molar-refractivity contribution in [3.63, 3.8) is 0 Å². The second kappa shape index (κ2) is 7.20. The van der Waals surface area contributed by atoms with E-state index < -0.39 is 44.0 Å². The number of carbonyl (C=O) groups is 1. The zero-order valence-corrected chi connectivity index (χ0v) is 13.1. The fourth-order valence-electron chi connectivity index (χ4n) is 2.14. The second-order valence-electron chi connectivity index (χ2n) is 4.88. The highest BCUT2D eigenvalue weighted by Crippen LogP contribution is 2.23. The zero-order chi connectivity index (χ0) is 17.7. The predicted molar refractivity (Wildman–Crippen MR) is 85.1 cm³/mol. The van der Waals surface area contributed by atoms with Crippen LogP contribution < -0.4 is 4.72 Å². The topological polar surface area (TPSA) is 127 Å². The van der Waals surface area contributed by atoms with E-state index in [1.165, 1.54) is 12.1 Å². The summed E-state index contributed by atoms with van der Waals surface area (Å²) >= 11 is 0. The lowest BCUT2D eigenvalue weighted by Gasteiger charge is -2.14. The van der Waals surface area contributed by atoms with E-state index >= 15 is 0 Å². The van der Waals surface area contributed by atoms with E-state index in [4.69, 9.17) is 0 Å². The summed E-state index contributed by atoms with van der Waals surface area (Å²) in [7, 11) is -4.23. The van der Waals surface area contributed by atoms with Crippen LogP contribution >= 0.6 is 0 Å². The second-order valence-corrected chi connectivity index (χ2v) is 6.61. The van der Waals surface area contributed by atoms with E-state index in [0.717, 1.165) is 12.1 Å². The molecule has 0 radical (unpaired) electrons. The van der Waals surface area contributed by atoms with Crippen LogP contribution in [0.3, 0.4) is 0 Å². The first-order valence-electron chi connectivity index (χ1n) is 6.84. The molecule has 2 N–H and O–H groups in total. The SMILES string of the molecule is O=C(O)[C@H](CNS(=O)(=O)c1ccccc1[N+](=O)[O-])c1ccccc1. The van der Waals surface area contributed by atoms with Crippen molar-refractivity contribution in [1.29, 1.82) is 0 Å². The van der Waals surface area contributed by atoms with Crippen molar-refractivity contribution in [3.05, 3.63) is 70.3 Å². The summed E-state index contributed by atoms with van der Waals surface area (Å²) < 4.78 is 26.8. The average molecular weight is 350 g/mol. The van der Waals surface area contributed by atoms with Crippen molar-refractivity contribution in [2.75, 3.05) is 6.54 Å². The summed E-state index contributed by atoms with van der Waals surface area (Å²) in [4.78, 5) is 21.0. The van der Waals surface area contributed by atoms with Gasteiger partial charge in [0.05, 0.1) is 10.8 Å². The lowest BCUT2D eigenvalue weighted by molar-refractivity contribution is -0.387. The van der Waals surface area contributed by atoms with Gasteiger partial charge in [-0.3, -0.25) is 14.9 Å². The third kappa shape index (κ3) is 3.94. The number of rotatable bonds is 7. The fraction of sp³-hybridized carbons (Fsp3) is 0.133. The van der Waals surface area contributed by atoms with Gasteiger partial charge in [0.1, 0.15) is 0 Å². The molecule has 8 nitrogen and oxygen atoms in total. The Kier molecular flexibility index (Phi) is 5.27. The maximum absolute atomic E-state index is 12.3. The van der Waals surface area contributed by atoms with Crippen molar-refractivity contribution in [1.82, 2.24) is 4.72 Å². The van der Waals surface area contributed by atoms with Crippen LogP contribution in [-0.4, -0.2) is 31.0 Å². The monoisotopic (exact) mass is 350 g/mol. The first-order valence-corrected chi connectivity index (χ1v) is 8.32. The van der Waals surface area contributed by atoms with Crippen LogP contribution in [0.5, 0.6) is 0 Å². The Balaban J connectivity index is 2.27. The molecule has 2 aromatic rings. The van der Waals surface area contributed by atoms with Crippen LogP contribution in [0.4, 0.5) is 5.69 Å². The molecule has 126 valence electrons. The first-order chi connectivity index (χ1) is 11.3. The quantitative estimate of drug-likeness (QED) is 0.578. The highest BCUT2D eigenvalue weighted by molar-refractivity contribution is 7.89. The van der Waals surface area contributed by atoms with Gasteiger partial charge in [-0.1, -0.05) is 42.5 Å². The number of carboxylic acids is 1. The molecule has 0 amide bonds. The molecule has 0 aliphatic carbocycles. The third-order valence-electron chi connectivity index (χ3n) is 3.33. The first kappa shape index (κ1) is 17.6. The molecule has 0 aliphatic heterocycles. The van der Waals surface area contributed by atoms with E-state index in [1.54, 1.807) is 30.3 Å². The molecule has 1 atom stereocenters. The van der Waals surface area contributed by atoms with Crippen LogP contribution in [0.1, 0.15) is 11.5 Å². The molecule has 0 unspecified atom stereocenters. The number of nitrogens with zero attached hydrogens (tertiary/aromatic N) is 1. The summed E-state index contributed by atoms with van der Waals surface area (Å²) in [5.41, 5.74) is -0.146. The van der Waals surface area contributed by atoms with Gasteiger partial charge in [0, 0.05) is 12.6 Å². The normalized spacial score (nSPS) is 12.5. The van der Waals surface area contributed by atoms with Gasteiger partial charge < -0.3 is 5.11 Å². The molecule has 0 bridgehead atoms. The number of nitro benzene ring substituents is 1. The minimum atomic E-state index is -4.23. The lowest BCUT2D eigenvalue weighted by atomic mass is 10.00. The number of para-hydroxylation sites is 1. The predicted octanol–water partition coefficient (Wildman–Crippen LogP) is 1.74. The number of nitrogens with one attached hydrogen (secondary N) is 1. The lowest BCUT2D eigenvalue weighted by Crippen LogP contribution is -2.32. The fourth-order valence-corrected chi connectivity index (χ4v) is 3.36. The number of carboxylic acid groups (broad SMARTS) is 1. The maximum Gasteiger partial charge on any atom is 0.312 e. The van der Waals surface area contributed by atoms with Crippen LogP contribution in [0.25, 0.3) is 0 Å². The summed E-state index contributed by atoms with van der Waals surface area (Å²) in [6, 6.07) is 13.0. The van der Waals surface area contributed by atoms with Crippen LogP contribution in [0.15, 0.2) is 59.5 Å². The number of benzene rings is 2. The van der Waals surface area contributed by atoms with Gasteiger partial charge in [-0.2, -0.15) is 0 Å². The van der Waals surface area contributed by atoms with Gasteiger partial charge in [0.25, 0.3) is 5.69 Å². The van der Waals surface area contributed by atoms with E-state index in [-0.39, 0.29) is 0 Å². The molecule has 0 heterocycles. The summed E-state index contributed by atoms with van der Waals surface area (Å²) in [6.07, 6.45) is 0. The number of sulfonamides is 1.